The van der Waals surface area contributed by atoms with Gasteiger partial charge in [0.05, 0.1) is 4.90 Å². The zero-order valence-electron chi connectivity index (χ0n) is 15.8. The van der Waals surface area contributed by atoms with Crippen LogP contribution in [0.15, 0.2) is 59.5 Å². The fourth-order valence-electron chi connectivity index (χ4n) is 3.35. The van der Waals surface area contributed by atoms with Gasteiger partial charge in [-0.2, -0.15) is 0 Å². The average molecular weight is 405 g/mol. The van der Waals surface area contributed by atoms with Crippen LogP contribution in [0, 0.1) is 17.7 Å². The number of benzene rings is 2. The molecule has 1 amide bonds. The molecule has 1 aliphatic rings. The van der Waals surface area contributed by atoms with Crippen molar-refractivity contribution in [1.82, 2.24) is 9.62 Å². The summed E-state index contributed by atoms with van der Waals surface area (Å²) in [5.74, 6) is -0.0492. The molecule has 7 heteroatoms. The van der Waals surface area contributed by atoms with Gasteiger partial charge in [-0.15, -0.1) is 0 Å². The van der Waals surface area contributed by atoms with E-state index in [1.165, 1.54) is 6.07 Å². The van der Waals surface area contributed by atoms with Crippen molar-refractivity contribution in [1.29, 1.82) is 0 Å². The maximum atomic E-state index is 13.7. The molecule has 1 N–H and O–H groups in total. The number of carbonyl (C=O) groups excluding carboxylic acids is 1. The molecule has 2 aromatic carbocycles. The Morgan fingerprint density at radius 2 is 1.79 bits per heavy atom. The van der Waals surface area contributed by atoms with E-state index in [1.807, 2.05) is 6.92 Å². The lowest BCUT2D eigenvalue weighted by Crippen LogP contribution is -2.54. The van der Waals surface area contributed by atoms with Crippen LogP contribution in [-0.2, 0) is 21.2 Å². The highest BCUT2D eigenvalue weighted by molar-refractivity contribution is 7.89. The van der Waals surface area contributed by atoms with E-state index in [0.717, 1.165) is 0 Å². The first-order valence-electron chi connectivity index (χ1n) is 9.41. The van der Waals surface area contributed by atoms with E-state index in [0.29, 0.717) is 38.0 Å². The number of hydrogen-bond donors (Lipinski definition) is 1. The summed E-state index contributed by atoms with van der Waals surface area (Å²) in [5, 5.41) is 0. The van der Waals surface area contributed by atoms with E-state index in [1.54, 1.807) is 53.4 Å². The summed E-state index contributed by atoms with van der Waals surface area (Å²) in [6, 6.07) is 14.9. The van der Waals surface area contributed by atoms with Crippen molar-refractivity contribution < 1.29 is 17.6 Å². The molecule has 0 aromatic heterocycles. The van der Waals surface area contributed by atoms with Crippen LogP contribution in [0.1, 0.15) is 18.9 Å². The molecular weight excluding hydrogens is 379 g/mol. The summed E-state index contributed by atoms with van der Waals surface area (Å²) in [6.45, 7) is 3.34. The van der Waals surface area contributed by atoms with Crippen molar-refractivity contribution in [2.24, 2.45) is 11.8 Å². The van der Waals surface area contributed by atoms with Crippen molar-refractivity contribution in [3.63, 3.8) is 0 Å². The van der Waals surface area contributed by atoms with Crippen LogP contribution in [0.3, 0.4) is 0 Å². The molecule has 1 heterocycles. The first-order valence-corrected chi connectivity index (χ1v) is 10.9. The van der Waals surface area contributed by atoms with E-state index in [4.69, 9.17) is 0 Å². The molecule has 0 radical (unpaired) electrons. The Bertz CT molecular complexity index is 912. The van der Waals surface area contributed by atoms with Gasteiger partial charge in [0.15, 0.2) is 0 Å². The molecule has 2 aromatic rings. The van der Waals surface area contributed by atoms with Crippen LogP contribution in [-0.4, -0.2) is 38.9 Å². The Morgan fingerprint density at radius 1 is 1.14 bits per heavy atom. The molecule has 150 valence electrons. The van der Waals surface area contributed by atoms with Crippen LogP contribution in [0.25, 0.3) is 0 Å². The maximum Gasteiger partial charge on any atom is 0.240 e. The Labute approximate surface area is 165 Å². The first kappa shape index (κ1) is 20.5. The number of halogens is 1. The standard InChI is InChI=1S/C21H25FN2O3S/c1-16(11-18-7-5-6-10-20(18)22)12-21(25)24-14-17(15-24)13-23-28(26,27)19-8-3-2-4-9-19/h2-10,16-17,23H,11-15H2,1H3/t16-/m1/s1. The Kier molecular flexibility index (Phi) is 6.46. The van der Waals surface area contributed by atoms with Crippen LogP contribution < -0.4 is 4.72 Å². The van der Waals surface area contributed by atoms with Gasteiger partial charge in [0.1, 0.15) is 5.82 Å². The molecular formula is C21H25FN2O3S. The summed E-state index contributed by atoms with van der Waals surface area (Å²) in [4.78, 5) is 14.3. The molecule has 5 nitrogen and oxygen atoms in total. The minimum atomic E-state index is -3.52. The normalized spacial score (nSPS) is 15.9. The zero-order valence-corrected chi connectivity index (χ0v) is 16.7. The van der Waals surface area contributed by atoms with E-state index >= 15 is 0 Å². The summed E-state index contributed by atoms with van der Waals surface area (Å²) in [5.41, 5.74) is 0.625. The zero-order chi connectivity index (χ0) is 20.1. The lowest BCUT2D eigenvalue weighted by molar-refractivity contribution is -0.138. The minimum absolute atomic E-state index is 0.0333. The summed E-state index contributed by atoms with van der Waals surface area (Å²) >= 11 is 0. The van der Waals surface area contributed by atoms with Crippen LogP contribution in [0.4, 0.5) is 4.39 Å². The molecule has 0 bridgehead atoms. The monoisotopic (exact) mass is 404 g/mol. The van der Waals surface area contributed by atoms with Crippen molar-refractivity contribution >= 4 is 15.9 Å². The molecule has 3 rings (SSSR count). The van der Waals surface area contributed by atoms with Crippen molar-refractivity contribution in [3.05, 3.63) is 66.0 Å². The van der Waals surface area contributed by atoms with Gasteiger partial charge < -0.3 is 4.90 Å². The fraction of sp³-hybridized carbons (Fsp3) is 0.381. The van der Waals surface area contributed by atoms with E-state index in [-0.39, 0.29) is 28.5 Å². The molecule has 0 saturated carbocycles. The van der Waals surface area contributed by atoms with Gasteiger partial charge in [-0.25, -0.2) is 17.5 Å². The van der Waals surface area contributed by atoms with Gasteiger partial charge in [-0.3, -0.25) is 4.79 Å². The highest BCUT2D eigenvalue weighted by Gasteiger charge is 2.32. The molecule has 0 spiro atoms. The Hall–Kier alpha value is -2.25. The third kappa shape index (κ3) is 5.17. The number of rotatable bonds is 8. The molecule has 28 heavy (non-hydrogen) atoms. The van der Waals surface area contributed by atoms with Gasteiger partial charge in [-0.05, 0) is 36.1 Å². The van der Waals surface area contributed by atoms with Crippen LogP contribution in [0.5, 0.6) is 0 Å². The Morgan fingerprint density at radius 3 is 2.46 bits per heavy atom. The summed E-state index contributed by atoms with van der Waals surface area (Å²) in [6.07, 6.45) is 0.878. The number of hydrogen-bond acceptors (Lipinski definition) is 3. The van der Waals surface area contributed by atoms with E-state index < -0.39 is 10.0 Å². The SMILES string of the molecule is C[C@@H](CC(=O)N1CC(CNS(=O)(=O)c2ccccc2)C1)Cc1ccccc1F. The van der Waals surface area contributed by atoms with Crippen LogP contribution in [0.2, 0.25) is 0 Å². The van der Waals surface area contributed by atoms with E-state index in [2.05, 4.69) is 4.72 Å². The van der Waals surface area contributed by atoms with Crippen LogP contribution >= 0.6 is 0 Å². The van der Waals surface area contributed by atoms with E-state index in [9.17, 15) is 17.6 Å². The highest BCUT2D eigenvalue weighted by atomic mass is 32.2. The smallest absolute Gasteiger partial charge is 0.240 e. The van der Waals surface area contributed by atoms with Crippen molar-refractivity contribution in [2.75, 3.05) is 19.6 Å². The average Bonchev–Trinajstić information content (AvgIpc) is 2.63. The van der Waals surface area contributed by atoms with Gasteiger partial charge in [0.2, 0.25) is 15.9 Å². The number of carbonyl (C=O) groups is 1. The molecule has 0 unspecified atom stereocenters. The lowest BCUT2D eigenvalue weighted by atomic mass is 9.94. The fourth-order valence-corrected chi connectivity index (χ4v) is 4.49. The number of nitrogens with one attached hydrogen (secondary N) is 1. The lowest BCUT2D eigenvalue weighted by Gasteiger charge is -2.39. The predicted molar refractivity (Wildman–Crippen MR) is 106 cm³/mol. The number of likely N-dealkylation sites (tertiary alicyclic amines) is 1. The van der Waals surface area contributed by atoms with Gasteiger partial charge in [0, 0.05) is 32.0 Å². The third-order valence-corrected chi connectivity index (χ3v) is 6.41. The summed E-state index contributed by atoms with van der Waals surface area (Å²) < 4.78 is 40.8. The first-order chi connectivity index (χ1) is 13.3. The molecule has 1 atom stereocenters. The van der Waals surface area contributed by atoms with Crippen molar-refractivity contribution in [2.45, 2.75) is 24.7 Å². The molecule has 0 aliphatic carbocycles. The topological polar surface area (TPSA) is 66.5 Å². The largest absolute Gasteiger partial charge is 0.342 e. The number of nitrogens with zero attached hydrogens (tertiary/aromatic N) is 1. The van der Waals surface area contributed by atoms with Gasteiger partial charge in [-0.1, -0.05) is 43.3 Å². The molecule has 1 aliphatic heterocycles. The molecule has 1 fully saturated rings. The van der Waals surface area contributed by atoms with Crippen molar-refractivity contribution in [3.8, 4) is 0 Å². The highest BCUT2D eigenvalue weighted by Crippen LogP contribution is 2.21. The second-order valence-corrected chi connectivity index (χ2v) is 9.20. The van der Waals surface area contributed by atoms with Gasteiger partial charge >= 0.3 is 0 Å². The summed E-state index contributed by atoms with van der Waals surface area (Å²) in [7, 11) is -3.52. The number of sulfonamides is 1. The quantitative estimate of drug-likeness (QED) is 0.736. The minimum Gasteiger partial charge on any atom is -0.342 e. The predicted octanol–water partition coefficient (Wildman–Crippen LogP) is 2.83. The maximum absolute atomic E-state index is 13.7. The number of amides is 1. The molecule has 1 saturated heterocycles. The Balaban J connectivity index is 1.41. The second kappa shape index (κ2) is 8.84. The third-order valence-electron chi connectivity index (χ3n) is 4.97. The van der Waals surface area contributed by atoms with Gasteiger partial charge in [0.25, 0.3) is 0 Å². The second-order valence-electron chi connectivity index (χ2n) is 7.43.